The summed E-state index contributed by atoms with van der Waals surface area (Å²) in [5.74, 6) is 0. The summed E-state index contributed by atoms with van der Waals surface area (Å²) < 4.78 is 0. The number of unbranched alkanes of at least 4 members (excludes halogenated alkanes) is 3. The van der Waals surface area contributed by atoms with E-state index < -0.39 is 0 Å². The van der Waals surface area contributed by atoms with Crippen LogP contribution in [0.3, 0.4) is 0 Å². The third-order valence-corrected chi connectivity index (χ3v) is 2.81. The molecule has 0 unspecified atom stereocenters. The van der Waals surface area contributed by atoms with Gasteiger partial charge in [0.25, 0.3) is 0 Å². The molecule has 0 aliphatic heterocycles. The van der Waals surface area contributed by atoms with Crippen molar-refractivity contribution >= 4 is 0 Å². The van der Waals surface area contributed by atoms with Gasteiger partial charge in [-0.05, 0) is 38.2 Å². The Labute approximate surface area is 112 Å². The minimum atomic E-state index is 1.10. The maximum atomic E-state index is 3.82. The van der Waals surface area contributed by atoms with Gasteiger partial charge < -0.3 is 0 Å². The van der Waals surface area contributed by atoms with Crippen LogP contribution in [0.5, 0.6) is 0 Å². The number of aryl methyl sites for hydroxylation is 1. The van der Waals surface area contributed by atoms with Crippen LogP contribution >= 0.6 is 0 Å². The Morgan fingerprint density at radius 3 is 2.56 bits per heavy atom. The topological polar surface area (TPSA) is 0 Å². The van der Waals surface area contributed by atoms with Crippen LogP contribution in [0.1, 0.15) is 38.2 Å². The predicted molar refractivity (Wildman–Crippen MR) is 81.7 cm³/mol. The summed E-state index contributed by atoms with van der Waals surface area (Å²) in [5.41, 5.74) is 2.56. The lowest BCUT2D eigenvalue weighted by atomic mass is 10.1. The molecular formula is C18H24. The second-order valence-electron chi connectivity index (χ2n) is 4.72. The van der Waals surface area contributed by atoms with Gasteiger partial charge >= 0.3 is 0 Å². The van der Waals surface area contributed by atoms with Crippen LogP contribution in [0, 0.1) is 0 Å². The Kier molecular flexibility index (Phi) is 7.63. The van der Waals surface area contributed by atoms with E-state index in [1.54, 1.807) is 0 Å². The van der Waals surface area contributed by atoms with Crippen molar-refractivity contribution in [2.75, 3.05) is 0 Å². The molecule has 1 aromatic rings. The van der Waals surface area contributed by atoms with Gasteiger partial charge in [0.15, 0.2) is 0 Å². The molecule has 18 heavy (non-hydrogen) atoms. The molecule has 0 heteroatoms. The van der Waals surface area contributed by atoms with Crippen LogP contribution in [0.4, 0.5) is 0 Å². The smallest absolute Gasteiger partial charge is 0.0279 e. The van der Waals surface area contributed by atoms with Crippen molar-refractivity contribution in [2.24, 2.45) is 0 Å². The van der Waals surface area contributed by atoms with Crippen molar-refractivity contribution in [3.63, 3.8) is 0 Å². The summed E-state index contributed by atoms with van der Waals surface area (Å²) in [5, 5.41) is 0. The van der Waals surface area contributed by atoms with E-state index in [9.17, 15) is 0 Å². The van der Waals surface area contributed by atoms with E-state index in [0.717, 1.165) is 5.57 Å². The third kappa shape index (κ3) is 7.67. The second-order valence-corrected chi connectivity index (χ2v) is 4.72. The normalized spacial score (nSPS) is 11.4. The third-order valence-electron chi connectivity index (χ3n) is 2.81. The second kappa shape index (κ2) is 9.47. The zero-order valence-electron chi connectivity index (χ0n) is 11.4. The summed E-state index contributed by atoms with van der Waals surface area (Å²) in [6.45, 7) is 5.83. The van der Waals surface area contributed by atoms with Gasteiger partial charge in [0.2, 0.25) is 0 Å². The van der Waals surface area contributed by atoms with Crippen LogP contribution in [0.2, 0.25) is 0 Å². The van der Waals surface area contributed by atoms with Gasteiger partial charge in [-0.25, -0.2) is 0 Å². The fourth-order valence-corrected chi connectivity index (χ4v) is 1.81. The molecule has 0 saturated carbocycles. The van der Waals surface area contributed by atoms with Gasteiger partial charge in [-0.1, -0.05) is 73.2 Å². The first-order chi connectivity index (χ1) is 8.79. The highest BCUT2D eigenvalue weighted by Crippen LogP contribution is 2.07. The molecule has 0 nitrogen and oxygen atoms in total. The molecule has 0 N–H and O–H groups in total. The molecule has 96 valence electrons. The minimum absolute atomic E-state index is 1.10. The van der Waals surface area contributed by atoms with Gasteiger partial charge in [0, 0.05) is 0 Å². The van der Waals surface area contributed by atoms with E-state index in [1.165, 1.54) is 37.7 Å². The average Bonchev–Trinajstić information content (AvgIpc) is 2.37. The first-order valence-electron chi connectivity index (χ1n) is 6.81. The number of benzene rings is 1. The first-order valence-corrected chi connectivity index (χ1v) is 6.81. The molecule has 0 spiro atoms. The van der Waals surface area contributed by atoms with Gasteiger partial charge in [-0.3, -0.25) is 0 Å². The van der Waals surface area contributed by atoms with Crippen molar-refractivity contribution in [3.05, 3.63) is 72.4 Å². The summed E-state index contributed by atoms with van der Waals surface area (Å²) in [6.07, 6.45) is 14.7. The van der Waals surface area contributed by atoms with E-state index in [4.69, 9.17) is 0 Å². The zero-order valence-corrected chi connectivity index (χ0v) is 11.4. The minimum Gasteiger partial charge on any atom is -0.0961 e. The van der Waals surface area contributed by atoms with E-state index in [1.807, 2.05) is 13.0 Å². The van der Waals surface area contributed by atoms with Crippen molar-refractivity contribution in [1.82, 2.24) is 0 Å². The SMILES string of the molecule is C=C(C)/C=C/C=C/CCCCCc1ccccc1. The Bertz CT molecular complexity index is 382. The number of hydrogen-bond acceptors (Lipinski definition) is 0. The maximum Gasteiger partial charge on any atom is -0.0279 e. The molecule has 1 rings (SSSR count). The average molecular weight is 240 g/mol. The largest absolute Gasteiger partial charge is 0.0961 e. The van der Waals surface area contributed by atoms with Crippen LogP contribution in [0.25, 0.3) is 0 Å². The number of rotatable bonds is 8. The van der Waals surface area contributed by atoms with E-state index >= 15 is 0 Å². The quantitative estimate of drug-likeness (QED) is 0.417. The van der Waals surface area contributed by atoms with Gasteiger partial charge in [-0.2, -0.15) is 0 Å². The standard InChI is InChI=1S/C18H24/c1-17(2)13-9-6-4-3-5-7-10-14-18-15-11-8-12-16-18/h4,6,8-9,11-13,15-16H,1,3,5,7,10,14H2,2H3/b6-4+,13-9+. The molecule has 0 bridgehead atoms. The molecule has 1 aromatic carbocycles. The molecule has 0 radical (unpaired) electrons. The fraction of sp³-hybridized carbons (Fsp3) is 0.333. The van der Waals surface area contributed by atoms with Crippen LogP contribution in [-0.4, -0.2) is 0 Å². The fourth-order valence-electron chi connectivity index (χ4n) is 1.81. The molecule has 0 heterocycles. The molecule has 0 aliphatic rings. The number of hydrogen-bond donors (Lipinski definition) is 0. The molecule has 0 amide bonds. The molecule has 0 atom stereocenters. The van der Waals surface area contributed by atoms with Crippen molar-refractivity contribution in [1.29, 1.82) is 0 Å². The lowest BCUT2D eigenvalue weighted by Crippen LogP contribution is -1.84. The molecule has 0 aliphatic carbocycles. The van der Waals surface area contributed by atoms with E-state index in [0.29, 0.717) is 0 Å². The summed E-state index contributed by atoms with van der Waals surface area (Å²) >= 11 is 0. The molecule has 0 saturated heterocycles. The summed E-state index contributed by atoms with van der Waals surface area (Å²) in [4.78, 5) is 0. The van der Waals surface area contributed by atoms with Crippen molar-refractivity contribution in [2.45, 2.75) is 39.0 Å². The van der Waals surface area contributed by atoms with Crippen LogP contribution in [0.15, 0.2) is 66.8 Å². The van der Waals surface area contributed by atoms with E-state index in [-0.39, 0.29) is 0 Å². The molecule has 0 aromatic heterocycles. The Hall–Kier alpha value is -1.56. The Balaban J connectivity index is 2.01. The lowest BCUT2D eigenvalue weighted by molar-refractivity contribution is 0.687. The zero-order chi connectivity index (χ0) is 13.1. The number of allylic oxidation sites excluding steroid dienone is 5. The maximum absolute atomic E-state index is 3.82. The highest BCUT2D eigenvalue weighted by molar-refractivity contribution is 5.16. The molecular weight excluding hydrogens is 216 g/mol. The van der Waals surface area contributed by atoms with Gasteiger partial charge in [0.05, 0.1) is 0 Å². The van der Waals surface area contributed by atoms with Crippen LogP contribution < -0.4 is 0 Å². The highest BCUT2D eigenvalue weighted by Gasteiger charge is 1.91. The van der Waals surface area contributed by atoms with Crippen molar-refractivity contribution in [3.8, 4) is 0 Å². The van der Waals surface area contributed by atoms with Crippen molar-refractivity contribution < 1.29 is 0 Å². The first kappa shape index (κ1) is 14.5. The highest BCUT2D eigenvalue weighted by atomic mass is 14.0. The Morgan fingerprint density at radius 1 is 1.06 bits per heavy atom. The summed E-state index contributed by atoms with van der Waals surface area (Å²) in [7, 11) is 0. The monoisotopic (exact) mass is 240 g/mol. The molecule has 0 fully saturated rings. The summed E-state index contributed by atoms with van der Waals surface area (Å²) in [6, 6.07) is 10.7. The van der Waals surface area contributed by atoms with Gasteiger partial charge in [0.1, 0.15) is 0 Å². The van der Waals surface area contributed by atoms with E-state index in [2.05, 4.69) is 55.1 Å². The van der Waals surface area contributed by atoms with Gasteiger partial charge in [-0.15, -0.1) is 0 Å². The predicted octanol–water partition coefficient (Wildman–Crippen LogP) is 5.48. The van der Waals surface area contributed by atoms with Crippen LogP contribution in [-0.2, 0) is 6.42 Å². The lowest BCUT2D eigenvalue weighted by Gasteiger charge is -2.00. The Morgan fingerprint density at radius 2 is 1.83 bits per heavy atom.